The summed E-state index contributed by atoms with van der Waals surface area (Å²) in [5.74, 6) is 0. The Kier molecular flexibility index (Phi) is 110. The van der Waals surface area contributed by atoms with Crippen LogP contribution in [0.5, 0.6) is 0 Å². The normalized spacial score (nSPS) is 0. The van der Waals surface area contributed by atoms with E-state index in [4.69, 9.17) is 0 Å². The van der Waals surface area contributed by atoms with Crippen molar-refractivity contribution in [2.45, 2.75) is 0 Å². The predicted octanol–water partition coefficient (Wildman–Crippen LogP) is -1.52. The monoisotopic (exact) mass is 559 g/mol. The molecule has 0 fully saturated rings. The molecule has 0 aliphatic rings. The summed E-state index contributed by atoms with van der Waals surface area (Å²) in [5.41, 5.74) is 0. The second-order valence-electron chi connectivity index (χ2n) is 0. The topological polar surface area (TPSA) is 0 Å². The first-order valence-electron chi connectivity index (χ1n) is 0. The fourth-order valence-electron chi connectivity index (χ4n) is 0. The van der Waals surface area contributed by atoms with Crippen LogP contribution >= 0.6 is 0 Å². The Morgan fingerprint density at radius 2 is 1.00 bits per heavy atom. The van der Waals surface area contributed by atoms with Gasteiger partial charge < -0.3 is 0 Å². The standard InChI is InChI=1S/Al.Bi.In.Pb. The molecule has 4 heteroatoms. The fraction of sp³-hybridized carbons (Fsp3) is 0. The van der Waals surface area contributed by atoms with E-state index in [2.05, 4.69) is 0 Å². The van der Waals surface area contributed by atoms with Crippen LogP contribution in [0.4, 0.5) is 0 Å². The van der Waals surface area contributed by atoms with Crippen LogP contribution in [0.3, 0.4) is 0 Å². The maximum absolute atomic E-state index is 0. The molecule has 0 nitrogen and oxygen atoms in total. The van der Waals surface area contributed by atoms with Crippen LogP contribution in [-0.2, 0) is 0 Å². The summed E-state index contributed by atoms with van der Waals surface area (Å²) in [4.78, 5) is 0. The van der Waals surface area contributed by atoms with Crippen molar-refractivity contribution in [3.8, 4) is 0 Å². The zero-order valence-electron chi connectivity index (χ0n) is 2.10. The average molecular weight is 558 g/mol. The molecule has 13 radical (unpaired) electrons. The van der Waals surface area contributed by atoms with Crippen molar-refractivity contribution in [1.29, 1.82) is 0 Å². The van der Waals surface area contributed by atoms with Gasteiger partial charge in [0.2, 0.25) is 0 Å². The van der Waals surface area contributed by atoms with Crippen molar-refractivity contribution in [2.24, 2.45) is 0 Å². The zero-order chi connectivity index (χ0) is 0. The van der Waals surface area contributed by atoms with E-state index in [0.29, 0.717) is 0 Å². The molecule has 0 amide bonds. The van der Waals surface area contributed by atoms with Crippen LogP contribution in [0.25, 0.3) is 0 Å². The van der Waals surface area contributed by atoms with Crippen LogP contribution in [0, 0.1) is 0 Å². The molecule has 0 rings (SSSR count). The first-order chi connectivity index (χ1) is 0. The van der Waals surface area contributed by atoms with E-state index in [0.717, 1.165) is 0 Å². The van der Waals surface area contributed by atoms with Gasteiger partial charge in [-0.1, -0.05) is 0 Å². The van der Waals surface area contributed by atoms with Gasteiger partial charge in [0.1, 0.15) is 0 Å². The Morgan fingerprint density at radius 3 is 1.00 bits per heavy atom. The summed E-state index contributed by atoms with van der Waals surface area (Å²) in [6.07, 6.45) is 0. The van der Waals surface area contributed by atoms with Gasteiger partial charge in [0.25, 0.3) is 0 Å². The third-order valence-electron chi connectivity index (χ3n) is 0. The maximum atomic E-state index is 0. The number of hydrogen-bond donors (Lipinski definition) is 0. The Bertz CT molecular complexity index is 8.00. The van der Waals surface area contributed by atoms with Gasteiger partial charge in [-0.2, -0.15) is 0 Å². The van der Waals surface area contributed by atoms with E-state index in [1.54, 1.807) is 0 Å². The zero-order valence-corrected chi connectivity index (χ0v) is 13.9. The number of hydrogen-bond acceptors (Lipinski definition) is 0. The molecule has 0 aromatic carbocycles. The second kappa shape index (κ2) is 16.4. The van der Waals surface area contributed by atoms with E-state index in [9.17, 15) is 0 Å². The molecule has 0 bridgehead atoms. The van der Waals surface area contributed by atoms with E-state index in [1.165, 1.54) is 0 Å². The van der Waals surface area contributed by atoms with Crippen molar-refractivity contribution < 1.29 is 0 Å². The summed E-state index contributed by atoms with van der Waals surface area (Å²) < 4.78 is 0. The van der Waals surface area contributed by atoms with Crippen molar-refractivity contribution in [2.75, 3.05) is 0 Å². The molecular formula is AlBiInPb. The van der Waals surface area contributed by atoms with Crippen LogP contribution in [0.2, 0.25) is 0 Å². The average Bonchev–Trinajstić information content (AvgIpc) is 0. The van der Waals surface area contributed by atoms with E-state index >= 15 is 0 Å². The van der Waals surface area contributed by atoms with Crippen LogP contribution < -0.4 is 0 Å². The quantitative estimate of drug-likeness (QED) is 0.318. The molecule has 0 atom stereocenters. The minimum Gasteiger partial charge on any atom is 0 e. The third kappa shape index (κ3) is 8.96. The molecule has 0 aromatic heterocycles. The maximum Gasteiger partial charge on any atom is 0 e. The summed E-state index contributed by atoms with van der Waals surface area (Å²) in [7, 11) is 0. The van der Waals surface area contributed by atoms with Gasteiger partial charge in [-0.15, -0.1) is 0 Å². The first-order valence-corrected chi connectivity index (χ1v) is 0. The molecule has 0 heterocycles. The number of rotatable bonds is 0. The molecule has 0 spiro atoms. The predicted molar refractivity (Wildman–Crippen MR) is 23.0 cm³/mol. The fourth-order valence-corrected chi connectivity index (χ4v) is 0. The third-order valence-corrected chi connectivity index (χ3v) is 0. The van der Waals surface area contributed by atoms with Crippen molar-refractivity contribution in [3.63, 3.8) is 0 Å². The Morgan fingerprint density at radius 1 is 1.00 bits per heavy atom. The molecule has 0 aliphatic carbocycles. The molecule has 0 aliphatic heterocycles. The Labute approximate surface area is 94.7 Å². The minimum atomic E-state index is 0. The van der Waals surface area contributed by atoms with Crippen molar-refractivity contribution in [1.82, 2.24) is 0 Å². The molecule has 0 aromatic rings. The molecule has 0 saturated heterocycles. The second-order valence-corrected chi connectivity index (χ2v) is 0. The van der Waals surface area contributed by atoms with Gasteiger partial charge in [0, 0.05) is 96.7 Å². The van der Waals surface area contributed by atoms with Gasteiger partial charge in [-0.3, -0.25) is 0 Å². The van der Waals surface area contributed by atoms with Crippen molar-refractivity contribution in [3.05, 3.63) is 0 Å². The van der Waals surface area contributed by atoms with Crippen LogP contribution in [0.15, 0.2) is 0 Å². The largest absolute Gasteiger partial charge is 0 e. The van der Waals surface area contributed by atoms with Gasteiger partial charge in [0.15, 0.2) is 0 Å². The van der Waals surface area contributed by atoms with E-state index in [1.807, 2.05) is 0 Å². The van der Waals surface area contributed by atoms with Crippen LogP contribution in [-0.4, -0.2) is 96.7 Å². The SMILES string of the molecule is [Al].[Bi].[In].[Pb]. The molecule has 0 unspecified atom stereocenters. The molecule has 0 N–H and O–H groups in total. The molecule has 4 heavy (non-hydrogen) atoms. The van der Waals surface area contributed by atoms with Gasteiger partial charge in [0.05, 0.1) is 0 Å². The van der Waals surface area contributed by atoms with E-state index < -0.39 is 0 Å². The minimum absolute atomic E-state index is 0. The summed E-state index contributed by atoms with van der Waals surface area (Å²) in [6, 6.07) is 0. The first kappa shape index (κ1) is 27.0. The summed E-state index contributed by atoms with van der Waals surface area (Å²) in [5, 5.41) is 0. The van der Waals surface area contributed by atoms with E-state index in [-0.39, 0.29) is 96.7 Å². The Hall–Kier alpha value is 3.21. The molecule has 0 saturated carbocycles. The summed E-state index contributed by atoms with van der Waals surface area (Å²) in [6.45, 7) is 0. The van der Waals surface area contributed by atoms with Crippen molar-refractivity contribution >= 4 is 96.7 Å². The summed E-state index contributed by atoms with van der Waals surface area (Å²) >= 11 is 0. The van der Waals surface area contributed by atoms with Gasteiger partial charge in [-0.25, -0.2) is 0 Å². The van der Waals surface area contributed by atoms with Gasteiger partial charge in [-0.05, 0) is 0 Å². The van der Waals surface area contributed by atoms with Crippen LogP contribution in [0.1, 0.15) is 0 Å². The molecule has 15 valence electrons. The molecular weight excluding hydrogens is 558 g/mol. The smallest absolute Gasteiger partial charge is 0 e. The van der Waals surface area contributed by atoms with Gasteiger partial charge >= 0.3 is 0 Å². The Balaban J connectivity index is 0.